The number of nitrogens with one attached hydrogen (secondary N) is 1. The number of H-pyrrole nitrogens is 1. The van der Waals surface area contributed by atoms with E-state index in [-0.39, 0.29) is 5.82 Å². The molecule has 24 heavy (non-hydrogen) atoms. The monoisotopic (exact) mass is 333 g/mol. The zero-order valence-electron chi connectivity index (χ0n) is 14.0. The molecule has 1 aromatic carbocycles. The summed E-state index contributed by atoms with van der Waals surface area (Å²) in [5.41, 5.74) is 2.97. The number of aromatic amines is 1. The summed E-state index contributed by atoms with van der Waals surface area (Å²) in [6.45, 7) is 4.01. The van der Waals surface area contributed by atoms with Gasteiger partial charge in [-0.05, 0) is 37.1 Å². The lowest BCUT2D eigenvalue weighted by Crippen LogP contribution is -2.34. The molecule has 0 saturated carbocycles. The zero-order valence-corrected chi connectivity index (χ0v) is 14.0. The predicted octanol–water partition coefficient (Wildman–Crippen LogP) is 2.84. The molecule has 1 aliphatic heterocycles. The van der Waals surface area contributed by atoms with Crippen LogP contribution in [0.2, 0.25) is 0 Å². The van der Waals surface area contributed by atoms with Gasteiger partial charge < -0.3 is 9.47 Å². The smallest absolute Gasteiger partial charge is 0.123 e. The van der Waals surface area contributed by atoms with Gasteiger partial charge in [0.05, 0.1) is 24.6 Å². The van der Waals surface area contributed by atoms with Crippen molar-refractivity contribution in [1.82, 2.24) is 15.1 Å². The summed E-state index contributed by atoms with van der Waals surface area (Å²) in [6, 6.07) is 6.47. The second kappa shape index (κ2) is 8.37. The van der Waals surface area contributed by atoms with Crippen LogP contribution in [-0.2, 0) is 16.0 Å². The summed E-state index contributed by atoms with van der Waals surface area (Å²) in [6.07, 6.45) is 4.38. The van der Waals surface area contributed by atoms with Gasteiger partial charge in [0.15, 0.2) is 0 Å². The van der Waals surface area contributed by atoms with Crippen molar-refractivity contribution < 1.29 is 13.9 Å². The van der Waals surface area contributed by atoms with Gasteiger partial charge in [0.2, 0.25) is 0 Å². The normalized spacial score (nSPS) is 17.7. The highest BCUT2D eigenvalue weighted by molar-refractivity contribution is 5.62. The third-order valence-corrected chi connectivity index (χ3v) is 4.34. The molecule has 2 heterocycles. The summed E-state index contributed by atoms with van der Waals surface area (Å²) in [4.78, 5) is 2.33. The fraction of sp³-hybridized carbons (Fsp3) is 0.500. The average Bonchev–Trinajstić information content (AvgIpc) is 3.25. The Hall–Kier alpha value is -1.76. The molecule has 6 heteroatoms. The van der Waals surface area contributed by atoms with Crippen molar-refractivity contribution in [2.75, 3.05) is 33.4 Å². The minimum atomic E-state index is -0.236. The Bertz CT molecular complexity index is 623. The van der Waals surface area contributed by atoms with Gasteiger partial charge >= 0.3 is 0 Å². The second-order valence-electron chi connectivity index (χ2n) is 6.14. The lowest BCUT2D eigenvalue weighted by atomic mass is 10.1. The minimum Gasteiger partial charge on any atom is -0.383 e. The van der Waals surface area contributed by atoms with Crippen LogP contribution < -0.4 is 0 Å². The van der Waals surface area contributed by atoms with Gasteiger partial charge in [-0.3, -0.25) is 10.00 Å². The van der Waals surface area contributed by atoms with Gasteiger partial charge in [0.1, 0.15) is 5.82 Å². The molecule has 2 aromatic rings. The lowest BCUT2D eigenvalue weighted by molar-refractivity contribution is 0.0588. The van der Waals surface area contributed by atoms with Crippen molar-refractivity contribution in [3.8, 4) is 11.3 Å². The van der Waals surface area contributed by atoms with Crippen LogP contribution >= 0.6 is 0 Å². The molecule has 0 aliphatic carbocycles. The van der Waals surface area contributed by atoms with Crippen LogP contribution in [0.4, 0.5) is 4.39 Å². The Morgan fingerprint density at radius 2 is 2.21 bits per heavy atom. The second-order valence-corrected chi connectivity index (χ2v) is 6.14. The molecule has 0 bridgehead atoms. The highest BCUT2D eigenvalue weighted by Crippen LogP contribution is 2.23. The number of aromatic nitrogens is 2. The summed E-state index contributed by atoms with van der Waals surface area (Å²) in [5, 5.41) is 7.21. The maximum atomic E-state index is 13.1. The Balaban J connectivity index is 1.71. The Morgan fingerprint density at radius 1 is 1.38 bits per heavy atom. The third kappa shape index (κ3) is 4.41. The lowest BCUT2D eigenvalue weighted by Gasteiger charge is -2.24. The van der Waals surface area contributed by atoms with E-state index >= 15 is 0 Å². The number of halogens is 1. The SMILES string of the molecule is COCCN(Cc1cn[nH]c1-c1ccc(F)cc1)CC1CCCO1. The first-order chi connectivity index (χ1) is 11.8. The first kappa shape index (κ1) is 17.1. The average molecular weight is 333 g/mol. The first-order valence-corrected chi connectivity index (χ1v) is 8.37. The van der Waals surface area contributed by atoms with Crippen molar-refractivity contribution in [2.24, 2.45) is 0 Å². The third-order valence-electron chi connectivity index (χ3n) is 4.34. The molecule has 5 nitrogen and oxygen atoms in total. The van der Waals surface area contributed by atoms with Crippen LogP contribution in [0, 0.1) is 5.82 Å². The molecule has 3 rings (SSSR count). The summed E-state index contributed by atoms with van der Waals surface area (Å²) >= 11 is 0. The van der Waals surface area contributed by atoms with E-state index in [2.05, 4.69) is 15.1 Å². The van der Waals surface area contributed by atoms with Crippen LogP contribution in [0.15, 0.2) is 30.5 Å². The van der Waals surface area contributed by atoms with Gasteiger partial charge in [0, 0.05) is 44.5 Å². The molecule has 1 aromatic heterocycles. The summed E-state index contributed by atoms with van der Waals surface area (Å²) < 4.78 is 24.1. The molecular weight excluding hydrogens is 309 g/mol. The Labute approximate surface area is 141 Å². The van der Waals surface area contributed by atoms with E-state index < -0.39 is 0 Å². The van der Waals surface area contributed by atoms with Crippen molar-refractivity contribution in [2.45, 2.75) is 25.5 Å². The maximum Gasteiger partial charge on any atom is 0.123 e. The van der Waals surface area contributed by atoms with E-state index in [4.69, 9.17) is 9.47 Å². The fourth-order valence-corrected chi connectivity index (χ4v) is 3.07. The molecule has 1 saturated heterocycles. The maximum absolute atomic E-state index is 13.1. The van der Waals surface area contributed by atoms with Gasteiger partial charge in [0.25, 0.3) is 0 Å². The predicted molar refractivity (Wildman–Crippen MR) is 90.1 cm³/mol. The van der Waals surface area contributed by atoms with E-state index in [1.165, 1.54) is 12.1 Å². The minimum absolute atomic E-state index is 0.236. The number of benzene rings is 1. The largest absolute Gasteiger partial charge is 0.383 e. The molecule has 0 radical (unpaired) electrons. The number of rotatable bonds is 8. The molecule has 0 amide bonds. The van der Waals surface area contributed by atoms with Crippen molar-refractivity contribution in [3.05, 3.63) is 41.8 Å². The van der Waals surface area contributed by atoms with E-state index in [0.717, 1.165) is 55.9 Å². The van der Waals surface area contributed by atoms with Crippen LogP contribution in [-0.4, -0.2) is 54.6 Å². The number of methoxy groups -OCH3 is 1. The summed E-state index contributed by atoms with van der Waals surface area (Å²) in [5.74, 6) is -0.236. The fourth-order valence-electron chi connectivity index (χ4n) is 3.07. The van der Waals surface area contributed by atoms with Gasteiger partial charge in [-0.25, -0.2) is 4.39 Å². The first-order valence-electron chi connectivity index (χ1n) is 8.37. The molecule has 130 valence electrons. The van der Waals surface area contributed by atoms with E-state index in [9.17, 15) is 4.39 Å². The van der Waals surface area contributed by atoms with Gasteiger partial charge in [-0.1, -0.05) is 0 Å². The number of hydrogen-bond acceptors (Lipinski definition) is 4. The molecular formula is C18H24FN3O2. The van der Waals surface area contributed by atoms with E-state index in [0.29, 0.717) is 12.7 Å². The van der Waals surface area contributed by atoms with Crippen molar-refractivity contribution in [1.29, 1.82) is 0 Å². The summed E-state index contributed by atoms with van der Waals surface area (Å²) in [7, 11) is 1.71. The molecule has 1 aliphatic rings. The van der Waals surface area contributed by atoms with Gasteiger partial charge in [-0.2, -0.15) is 5.10 Å². The molecule has 1 unspecified atom stereocenters. The van der Waals surface area contributed by atoms with E-state index in [1.807, 2.05) is 6.20 Å². The highest BCUT2D eigenvalue weighted by atomic mass is 19.1. The topological polar surface area (TPSA) is 50.4 Å². The Morgan fingerprint density at radius 3 is 2.92 bits per heavy atom. The quantitative estimate of drug-likeness (QED) is 0.807. The molecule has 1 fully saturated rings. The van der Waals surface area contributed by atoms with Crippen LogP contribution in [0.25, 0.3) is 11.3 Å². The molecule has 0 spiro atoms. The van der Waals surface area contributed by atoms with Crippen molar-refractivity contribution in [3.63, 3.8) is 0 Å². The van der Waals surface area contributed by atoms with E-state index in [1.54, 1.807) is 19.2 Å². The van der Waals surface area contributed by atoms with Crippen LogP contribution in [0.5, 0.6) is 0 Å². The van der Waals surface area contributed by atoms with Crippen LogP contribution in [0.1, 0.15) is 18.4 Å². The van der Waals surface area contributed by atoms with Gasteiger partial charge in [-0.15, -0.1) is 0 Å². The molecule has 1 atom stereocenters. The molecule has 1 N–H and O–H groups in total. The Kier molecular flexibility index (Phi) is 5.96. The zero-order chi connectivity index (χ0) is 16.8. The highest BCUT2D eigenvalue weighted by Gasteiger charge is 2.20. The number of hydrogen-bond donors (Lipinski definition) is 1. The number of ether oxygens (including phenoxy) is 2. The number of nitrogens with zero attached hydrogens (tertiary/aromatic N) is 2. The van der Waals surface area contributed by atoms with Crippen molar-refractivity contribution >= 4 is 0 Å². The standard InChI is InChI=1S/C18H24FN3O2/c1-23-10-8-22(13-17-3-2-9-24-17)12-15-11-20-21-18(15)14-4-6-16(19)7-5-14/h4-7,11,17H,2-3,8-10,12-13H2,1H3,(H,20,21). The van der Waals surface area contributed by atoms with Crippen LogP contribution in [0.3, 0.4) is 0 Å².